The Morgan fingerprint density at radius 1 is 0.957 bits per heavy atom. The molecule has 1 atom stereocenters. The fraction of sp³-hybridized carbons (Fsp3) is 0.250. The molecule has 0 bridgehead atoms. The van der Waals surface area contributed by atoms with Crippen LogP contribution in [0.1, 0.15) is 53.5 Å². The molecular formula is C36H36N4O6. The molecule has 1 aromatic heterocycles. The topological polar surface area (TPSA) is 157 Å². The van der Waals surface area contributed by atoms with Crippen LogP contribution in [0.25, 0.3) is 22.2 Å². The number of anilines is 2. The number of amides is 2. The van der Waals surface area contributed by atoms with Crippen molar-refractivity contribution in [1.29, 1.82) is 0 Å². The number of carbonyl (C=O) groups excluding carboxylic acids is 1. The highest BCUT2D eigenvalue weighted by molar-refractivity contribution is 5.96. The van der Waals surface area contributed by atoms with Crippen LogP contribution in [0.2, 0.25) is 0 Å². The number of phenolic OH excluding ortho intramolecular Hbond substituents is 1. The molecule has 0 saturated heterocycles. The average Bonchev–Trinajstić information content (AvgIpc) is 3.46. The molecule has 1 aliphatic heterocycles. The number of hydrogen-bond acceptors (Lipinski definition) is 7. The molecule has 0 saturated carbocycles. The predicted octanol–water partition coefficient (Wildman–Crippen LogP) is 6.56. The highest BCUT2D eigenvalue weighted by Crippen LogP contribution is 2.36. The molecule has 1 aliphatic rings. The molecule has 2 heterocycles. The second-order valence-electron chi connectivity index (χ2n) is 11.5. The van der Waals surface area contributed by atoms with Gasteiger partial charge >= 0.3 is 6.09 Å². The van der Waals surface area contributed by atoms with Gasteiger partial charge in [0.25, 0.3) is 0 Å². The van der Waals surface area contributed by atoms with Crippen molar-refractivity contribution >= 4 is 34.5 Å². The summed E-state index contributed by atoms with van der Waals surface area (Å²) in [5.74, 6) is 0.535. The number of fused-ring (bicyclic) bond motifs is 2. The average molecular weight is 621 g/mol. The molecule has 4 aromatic carbocycles. The van der Waals surface area contributed by atoms with E-state index in [9.17, 15) is 24.9 Å². The van der Waals surface area contributed by atoms with E-state index >= 15 is 0 Å². The fourth-order valence-electron chi connectivity index (χ4n) is 5.95. The summed E-state index contributed by atoms with van der Waals surface area (Å²) in [4.78, 5) is 27.9. The largest absolute Gasteiger partial charge is 0.506 e. The number of hydrogen-bond donors (Lipinski definition) is 6. The Balaban J connectivity index is 1.01. The Kier molecular flexibility index (Phi) is 9.28. The van der Waals surface area contributed by atoms with E-state index in [1.165, 1.54) is 6.07 Å². The highest BCUT2D eigenvalue weighted by atomic mass is 16.4. The highest BCUT2D eigenvalue weighted by Gasteiger charge is 2.24. The second-order valence-corrected chi connectivity index (χ2v) is 11.5. The van der Waals surface area contributed by atoms with Crippen LogP contribution in [0.4, 0.5) is 16.2 Å². The zero-order valence-corrected chi connectivity index (χ0v) is 25.3. The Labute approximate surface area is 266 Å². The smallest absolute Gasteiger partial charge is 0.409 e. The number of rotatable bonds is 12. The molecule has 5 aromatic rings. The summed E-state index contributed by atoms with van der Waals surface area (Å²) in [6.07, 6.45) is 2.15. The van der Waals surface area contributed by atoms with Gasteiger partial charge in [-0.25, -0.2) is 9.78 Å². The summed E-state index contributed by atoms with van der Waals surface area (Å²) in [6, 6.07) is 24.7. The molecule has 2 amide bonds. The van der Waals surface area contributed by atoms with E-state index in [0.717, 1.165) is 58.2 Å². The van der Waals surface area contributed by atoms with Crippen molar-refractivity contribution in [2.45, 2.75) is 51.2 Å². The molecule has 46 heavy (non-hydrogen) atoms. The Bertz CT molecular complexity index is 1870. The van der Waals surface area contributed by atoms with Gasteiger partial charge in [0.1, 0.15) is 11.3 Å². The number of nitrogens with one attached hydrogen (secondary N) is 3. The predicted molar refractivity (Wildman–Crippen MR) is 176 cm³/mol. The van der Waals surface area contributed by atoms with Crippen molar-refractivity contribution in [2.24, 2.45) is 0 Å². The first-order valence-corrected chi connectivity index (χ1v) is 15.4. The summed E-state index contributed by atoms with van der Waals surface area (Å²) in [5.41, 5.74) is 7.78. The van der Waals surface area contributed by atoms with E-state index < -0.39 is 12.2 Å². The summed E-state index contributed by atoms with van der Waals surface area (Å²) in [5, 5.41) is 38.9. The lowest BCUT2D eigenvalue weighted by atomic mass is 9.93. The monoisotopic (exact) mass is 620 g/mol. The van der Waals surface area contributed by atoms with Crippen molar-refractivity contribution in [3.8, 4) is 16.9 Å². The maximum absolute atomic E-state index is 11.8. The lowest BCUT2D eigenvalue weighted by Crippen LogP contribution is -2.25. The van der Waals surface area contributed by atoms with Gasteiger partial charge in [0, 0.05) is 31.5 Å². The summed E-state index contributed by atoms with van der Waals surface area (Å²) in [7, 11) is 0. The number of phenols is 1. The zero-order valence-electron chi connectivity index (χ0n) is 25.3. The van der Waals surface area contributed by atoms with Crippen LogP contribution in [0, 0.1) is 0 Å². The van der Waals surface area contributed by atoms with Crippen LogP contribution in [0.3, 0.4) is 0 Å². The normalized spacial score (nSPS) is 13.3. The van der Waals surface area contributed by atoms with E-state index in [-0.39, 0.29) is 11.7 Å². The van der Waals surface area contributed by atoms with Crippen molar-refractivity contribution < 1.29 is 29.3 Å². The lowest BCUT2D eigenvalue weighted by molar-refractivity contribution is -0.116. The molecule has 0 spiro atoms. The first-order valence-electron chi connectivity index (χ1n) is 15.4. The summed E-state index contributed by atoms with van der Waals surface area (Å²) < 4.78 is 5.98. The van der Waals surface area contributed by atoms with Gasteiger partial charge in [-0.2, -0.15) is 0 Å². The summed E-state index contributed by atoms with van der Waals surface area (Å²) >= 11 is 0. The van der Waals surface area contributed by atoms with E-state index in [4.69, 9.17) is 4.42 Å². The number of oxazole rings is 1. The van der Waals surface area contributed by atoms with E-state index in [1.807, 2.05) is 66.7 Å². The third kappa shape index (κ3) is 7.20. The van der Waals surface area contributed by atoms with Gasteiger partial charge < -0.3 is 30.4 Å². The number of aromatic nitrogens is 1. The van der Waals surface area contributed by atoms with E-state index in [1.54, 1.807) is 6.07 Å². The maximum Gasteiger partial charge on any atom is 0.409 e. The molecule has 6 rings (SSSR count). The van der Waals surface area contributed by atoms with Crippen LogP contribution < -0.4 is 16.0 Å². The maximum atomic E-state index is 11.8. The molecule has 10 heteroatoms. The molecular weight excluding hydrogens is 584 g/mol. The number of aryl methyl sites for hydroxylation is 2. The van der Waals surface area contributed by atoms with Crippen LogP contribution in [-0.4, -0.2) is 38.8 Å². The standard InChI is InChI=1S/C36H36N4O6/c41-30-15-13-26(27-14-17-33(43)40-35(27)30)31(42)21-37-20-23-11-16-32-29(19-23)38-34(46-32)9-5-4-6-22-10-12-25(24-7-2-1-3-8-24)28(18-22)39-36(44)45/h1-3,7-8,10-13,15-16,18-19,31,37,39,41-42H,4-6,9,14,17,20-21H2,(H,40,43)(H,44,45)/t31-/m1/s1. The van der Waals surface area contributed by atoms with Crippen molar-refractivity contribution in [1.82, 2.24) is 10.3 Å². The first-order chi connectivity index (χ1) is 22.3. The lowest BCUT2D eigenvalue weighted by Gasteiger charge is -2.23. The van der Waals surface area contributed by atoms with E-state index in [0.29, 0.717) is 55.2 Å². The minimum atomic E-state index is -1.09. The Morgan fingerprint density at radius 2 is 1.76 bits per heavy atom. The number of nitrogens with zero attached hydrogens (tertiary/aromatic N) is 1. The molecule has 0 radical (unpaired) electrons. The molecule has 0 unspecified atom stereocenters. The minimum Gasteiger partial charge on any atom is -0.506 e. The van der Waals surface area contributed by atoms with Gasteiger partial charge in [-0.3, -0.25) is 10.1 Å². The molecule has 10 nitrogen and oxygen atoms in total. The Morgan fingerprint density at radius 3 is 2.59 bits per heavy atom. The van der Waals surface area contributed by atoms with Gasteiger partial charge in [-0.05, 0) is 77.8 Å². The third-order valence-corrected chi connectivity index (χ3v) is 8.23. The molecule has 236 valence electrons. The van der Waals surface area contributed by atoms with Gasteiger partial charge in [0.2, 0.25) is 5.91 Å². The van der Waals surface area contributed by atoms with Gasteiger partial charge in [-0.1, -0.05) is 54.6 Å². The number of carbonyl (C=O) groups is 2. The number of unbranched alkanes of at least 4 members (excludes halogenated alkanes) is 1. The Hall–Kier alpha value is -5.19. The number of aliphatic hydroxyl groups excluding tert-OH is 1. The molecule has 6 N–H and O–H groups in total. The number of aliphatic hydroxyl groups is 1. The third-order valence-electron chi connectivity index (χ3n) is 8.23. The minimum absolute atomic E-state index is 0.00481. The van der Waals surface area contributed by atoms with Crippen LogP contribution >= 0.6 is 0 Å². The zero-order chi connectivity index (χ0) is 32.0. The summed E-state index contributed by atoms with van der Waals surface area (Å²) in [6.45, 7) is 0.824. The van der Waals surface area contributed by atoms with Gasteiger partial charge in [-0.15, -0.1) is 0 Å². The van der Waals surface area contributed by atoms with Crippen LogP contribution in [-0.2, 0) is 30.6 Å². The second kappa shape index (κ2) is 13.8. The first kappa shape index (κ1) is 30.8. The van der Waals surface area contributed by atoms with Crippen molar-refractivity contribution in [3.63, 3.8) is 0 Å². The number of benzene rings is 4. The van der Waals surface area contributed by atoms with Gasteiger partial charge in [0.15, 0.2) is 11.5 Å². The van der Waals surface area contributed by atoms with Crippen LogP contribution in [0.5, 0.6) is 5.75 Å². The number of aromatic hydroxyl groups is 1. The SMILES string of the molecule is O=C(O)Nc1cc(CCCCc2nc3cc(CNC[C@@H](O)c4ccc(O)c5c4CCC(=O)N5)ccc3o2)ccc1-c1ccccc1. The number of carboxylic acid groups (broad SMARTS) is 1. The van der Waals surface area contributed by atoms with Crippen LogP contribution in [0.15, 0.2) is 83.3 Å². The van der Waals surface area contributed by atoms with Gasteiger partial charge in [0.05, 0.1) is 17.5 Å². The van der Waals surface area contributed by atoms with E-state index in [2.05, 4.69) is 20.9 Å². The fourth-order valence-corrected chi connectivity index (χ4v) is 5.95. The van der Waals surface area contributed by atoms with Crippen molar-refractivity contribution in [2.75, 3.05) is 17.2 Å². The molecule has 0 fully saturated rings. The molecule has 0 aliphatic carbocycles. The van der Waals surface area contributed by atoms with Crippen molar-refractivity contribution in [3.05, 3.63) is 107 Å². The quantitative estimate of drug-likeness (QED) is 0.0676.